The summed E-state index contributed by atoms with van der Waals surface area (Å²) in [6, 6.07) is 14.9. The molecule has 1 aromatic heterocycles. The summed E-state index contributed by atoms with van der Waals surface area (Å²) in [7, 11) is 1.98. The minimum atomic E-state index is 0.884. The summed E-state index contributed by atoms with van der Waals surface area (Å²) in [6.07, 6.45) is 0. The van der Waals surface area contributed by atoms with Crippen molar-refractivity contribution in [2.45, 2.75) is 22.7 Å². The number of rotatable bonds is 4. The lowest BCUT2D eigenvalue weighted by molar-refractivity contribution is 0.802. The van der Waals surface area contributed by atoms with Gasteiger partial charge in [0.1, 0.15) is 0 Å². The Morgan fingerprint density at radius 2 is 2.05 bits per heavy atom. The van der Waals surface area contributed by atoms with Crippen molar-refractivity contribution in [1.82, 2.24) is 10.3 Å². The predicted octanol–water partition coefficient (Wildman–Crippen LogP) is 4.48. The number of aryl methyl sites for hydroxylation is 1. The Labute approximate surface area is 127 Å². The van der Waals surface area contributed by atoms with Crippen molar-refractivity contribution in [1.29, 1.82) is 0 Å². The first-order chi connectivity index (χ1) is 9.76. The maximum Gasteiger partial charge on any atom is 0.155 e. The van der Waals surface area contributed by atoms with Crippen LogP contribution in [0.2, 0.25) is 0 Å². The Morgan fingerprint density at radius 3 is 2.85 bits per heavy atom. The number of nitrogens with one attached hydrogen (secondary N) is 1. The normalized spacial score (nSPS) is 11.1. The molecular formula is C16H16N2S2. The highest BCUT2D eigenvalue weighted by molar-refractivity contribution is 8.01. The molecule has 102 valence electrons. The summed E-state index contributed by atoms with van der Waals surface area (Å²) in [5, 5.41) is 3.23. The van der Waals surface area contributed by atoms with E-state index < -0.39 is 0 Å². The van der Waals surface area contributed by atoms with Crippen LogP contribution in [0.1, 0.15) is 11.1 Å². The van der Waals surface area contributed by atoms with E-state index in [1.54, 1.807) is 23.1 Å². The van der Waals surface area contributed by atoms with E-state index in [0.717, 1.165) is 16.4 Å². The molecule has 4 heteroatoms. The van der Waals surface area contributed by atoms with Gasteiger partial charge in [0.25, 0.3) is 0 Å². The summed E-state index contributed by atoms with van der Waals surface area (Å²) in [5.41, 5.74) is 3.71. The maximum atomic E-state index is 4.69. The quantitative estimate of drug-likeness (QED) is 0.769. The molecule has 2 nitrogen and oxygen atoms in total. The second-order valence-corrected chi connectivity index (χ2v) is 7.01. The molecule has 0 radical (unpaired) electrons. The van der Waals surface area contributed by atoms with E-state index in [-0.39, 0.29) is 0 Å². The fraction of sp³-hybridized carbons (Fsp3) is 0.188. The van der Waals surface area contributed by atoms with Crippen molar-refractivity contribution in [3.05, 3.63) is 53.6 Å². The Bertz CT molecular complexity index is 701. The van der Waals surface area contributed by atoms with Gasteiger partial charge in [0.05, 0.1) is 10.2 Å². The van der Waals surface area contributed by atoms with Gasteiger partial charge in [-0.05, 0) is 37.7 Å². The first-order valence-electron chi connectivity index (χ1n) is 6.54. The van der Waals surface area contributed by atoms with E-state index in [9.17, 15) is 0 Å². The molecule has 0 aliphatic heterocycles. The summed E-state index contributed by atoms with van der Waals surface area (Å²) >= 11 is 3.51. The van der Waals surface area contributed by atoms with Crippen molar-refractivity contribution < 1.29 is 0 Å². The number of benzene rings is 2. The van der Waals surface area contributed by atoms with Gasteiger partial charge in [0.2, 0.25) is 0 Å². The average molecular weight is 300 g/mol. The highest BCUT2D eigenvalue weighted by Gasteiger charge is 2.08. The molecule has 0 aliphatic rings. The zero-order chi connectivity index (χ0) is 13.9. The van der Waals surface area contributed by atoms with Crippen molar-refractivity contribution in [2.24, 2.45) is 0 Å². The number of hydrogen-bond acceptors (Lipinski definition) is 4. The Balaban J connectivity index is 1.93. The highest BCUT2D eigenvalue weighted by Crippen LogP contribution is 2.36. The van der Waals surface area contributed by atoms with Crippen LogP contribution in [0.4, 0.5) is 0 Å². The van der Waals surface area contributed by atoms with Crippen LogP contribution in [-0.4, -0.2) is 12.0 Å². The molecule has 1 N–H and O–H groups in total. The Hall–Kier alpha value is -1.36. The lowest BCUT2D eigenvalue weighted by Gasteiger charge is -2.08. The summed E-state index contributed by atoms with van der Waals surface area (Å²) in [6.45, 7) is 3.01. The standard InChI is InChI=1S/C16H16N2S2/c1-11-7-8-14(12(9-11)10-17-2)19-16-18-13-5-3-4-6-15(13)20-16/h3-9,17H,10H2,1-2H3. The molecule has 0 atom stereocenters. The Morgan fingerprint density at radius 1 is 1.20 bits per heavy atom. The van der Waals surface area contributed by atoms with Gasteiger partial charge >= 0.3 is 0 Å². The van der Waals surface area contributed by atoms with Gasteiger partial charge in [0, 0.05) is 11.4 Å². The molecule has 3 aromatic rings. The third-order valence-corrected chi connectivity index (χ3v) is 5.27. The molecule has 0 bridgehead atoms. The largest absolute Gasteiger partial charge is 0.316 e. The maximum absolute atomic E-state index is 4.69. The third-order valence-electron chi connectivity index (χ3n) is 3.05. The molecule has 20 heavy (non-hydrogen) atoms. The molecule has 0 spiro atoms. The fourth-order valence-electron chi connectivity index (χ4n) is 2.13. The van der Waals surface area contributed by atoms with Crippen LogP contribution >= 0.6 is 23.1 Å². The van der Waals surface area contributed by atoms with Gasteiger partial charge in [-0.25, -0.2) is 4.98 Å². The minimum Gasteiger partial charge on any atom is -0.316 e. The average Bonchev–Trinajstić information content (AvgIpc) is 2.84. The zero-order valence-corrected chi connectivity index (χ0v) is 13.1. The van der Waals surface area contributed by atoms with E-state index in [1.165, 1.54) is 20.7 Å². The van der Waals surface area contributed by atoms with Crippen LogP contribution in [0.3, 0.4) is 0 Å². The second-order valence-electron chi connectivity index (χ2n) is 4.69. The number of hydrogen-bond donors (Lipinski definition) is 1. The van der Waals surface area contributed by atoms with Gasteiger partial charge in [-0.1, -0.05) is 41.6 Å². The molecule has 1 heterocycles. The van der Waals surface area contributed by atoms with E-state index in [0.29, 0.717) is 0 Å². The number of para-hydroxylation sites is 1. The van der Waals surface area contributed by atoms with Crippen LogP contribution in [0.15, 0.2) is 51.7 Å². The van der Waals surface area contributed by atoms with E-state index >= 15 is 0 Å². The SMILES string of the molecule is CNCc1cc(C)ccc1Sc1nc2ccccc2s1. The zero-order valence-electron chi connectivity index (χ0n) is 11.5. The van der Waals surface area contributed by atoms with E-state index in [1.807, 2.05) is 13.1 Å². The van der Waals surface area contributed by atoms with Gasteiger partial charge in [-0.15, -0.1) is 11.3 Å². The van der Waals surface area contributed by atoms with Crippen molar-refractivity contribution in [3.63, 3.8) is 0 Å². The number of nitrogens with zero attached hydrogens (tertiary/aromatic N) is 1. The molecule has 0 saturated heterocycles. The number of fused-ring (bicyclic) bond motifs is 1. The lowest BCUT2D eigenvalue weighted by atomic mass is 10.1. The molecular weight excluding hydrogens is 284 g/mol. The van der Waals surface area contributed by atoms with Crippen LogP contribution in [0, 0.1) is 6.92 Å². The number of aromatic nitrogens is 1. The number of thiazole rings is 1. The summed E-state index contributed by atoms with van der Waals surface area (Å²) in [5.74, 6) is 0. The third kappa shape index (κ3) is 2.87. The first-order valence-corrected chi connectivity index (χ1v) is 8.17. The summed E-state index contributed by atoms with van der Waals surface area (Å²) in [4.78, 5) is 5.97. The first kappa shape index (κ1) is 13.6. The smallest absolute Gasteiger partial charge is 0.155 e. The fourth-order valence-corrected chi connectivity index (χ4v) is 4.26. The molecule has 3 rings (SSSR count). The van der Waals surface area contributed by atoms with Crippen molar-refractivity contribution in [3.8, 4) is 0 Å². The lowest BCUT2D eigenvalue weighted by Crippen LogP contribution is -2.06. The molecule has 0 aliphatic carbocycles. The molecule has 0 unspecified atom stereocenters. The van der Waals surface area contributed by atoms with Crippen LogP contribution in [0.25, 0.3) is 10.2 Å². The van der Waals surface area contributed by atoms with Crippen LogP contribution in [0.5, 0.6) is 0 Å². The van der Waals surface area contributed by atoms with Crippen molar-refractivity contribution in [2.75, 3.05) is 7.05 Å². The second kappa shape index (κ2) is 5.95. The highest BCUT2D eigenvalue weighted by atomic mass is 32.2. The van der Waals surface area contributed by atoms with Gasteiger partial charge < -0.3 is 5.32 Å². The van der Waals surface area contributed by atoms with Crippen LogP contribution in [-0.2, 0) is 6.54 Å². The van der Waals surface area contributed by atoms with E-state index in [4.69, 9.17) is 4.98 Å². The summed E-state index contributed by atoms with van der Waals surface area (Å²) < 4.78 is 2.35. The van der Waals surface area contributed by atoms with Gasteiger partial charge in [-0.3, -0.25) is 0 Å². The topological polar surface area (TPSA) is 24.9 Å². The van der Waals surface area contributed by atoms with E-state index in [2.05, 4.69) is 48.6 Å². The van der Waals surface area contributed by atoms with Crippen molar-refractivity contribution >= 4 is 33.3 Å². The predicted molar refractivity (Wildman–Crippen MR) is 87.7 cm³/mol. The molecule has 0 saturated carbocycles. The monoisotopic (exact) mass is 300 g/mol. The molecule has 2 aromatic carbocycles. The molecule has 0 fully saturated rings. The van der Waals surface area contributed by atoms with Gasteiger partial charge in [0.15, 0.2) is 4.34 Å². The van der Waals surface area contributed by atoms with Crippen LogP contribution < -0.4 is 5.32 Å². The minimum absolute atomic E-state index is 0.884. The van der Waals surface area contributed by atoms with Gasteiger partial charge in [-0.2, -0.15) is 0 Å². The molecule has 0 amide bonds. The Kier molecular flexibility index (Phi) is 4.05.